The van der Waals surface area contributed by atoms with Gasteiger partial charge >= 0.3 is 0 Å². The number of benzene rings is 1. The van der Waals surface area contributed by atoms with Gasteiger partial charge in [-0.05, 0) is 17.5 Å². The zero-order chi connectivity index (χ0) is 20.4. The number of aromatic nitrogens is 3. The highest BCUT2D eigenvalue weighted by atomic mass is 32.1. The second-order valence-corrected chi connectivity index (χ2v) is 8.47. The zero-order valence-electron chi connectivity index (χ0n) is 17.1. The van der Waals surface area contributed by atoms with E-state index in [2.05, 4.69) is 51.1 Å². The minimum Gasteiger partial charge on any atom is -0.492 e. The molecule has 29 heavy (non-hydrogen) atoms. The van der Waals surface area contributed by atoms with Gasteiger partial charge in [0.15, 0.2) is 5.82 Å². The van der Waals surface area contributed by atoms with E-state index in [0.717, 1.165) is 54.7 Å². The van der Waals surface area contributed by atoms with Crippen molar-refractivity contribution in [3.05, 3.63) is 46.1 Å². The van der Waals surface area contributed by atoms with Crippen LogP contribution in [0.3, 0.4) is 0 Å². The molecule has 1 aliphatic heterocycles. The van der Waals surface area contributed by atoms with Gasteiger partial charge in [-0.2, -0.15) is 4.52 Å². The summed E-state index contributed by atoms with van der Waals surface area (Å²) in [4.78, 5) is 10.9. The number of thiazole rings is 1. The molecule has 4 rings (SSSR count). The molecule has 2 aromatic heterocycles. The number of piperazine rings is 1. The summed E-state index contributed by atoms with van der Waals surface area (Å²) in [6, 6.07) is 8.67. The molecule has 156 valence electrons. The van der Waals surface area contributed by atoms with Crippen LogP contribution in [0, 0.1) is 0 Å². The molecule has 1 saturated heterocycles. The van der Waals surface area contributed by atoms with Crippen molar-refractivity contribution in [1.82, 2.24) is 24.4 Å². The first-order chi connectivity index (χ1) is 14.1. The van der Waals surface area contributed by atoms with Gasteiger partial charge in [-0.3, -0.25) is 9.80 Å². The molecule has 8 heteroatoms. The van der Waals surface area contributed by atoms with Gasteiger partial charge in [0, 0.05) is 39.1 Å². The van der Waals surface area contributed by atoms with E-state index in [-0.39, 0.29) is 18.5 Å². The minimum absolute atomic E-state index is 0.0317. The van der Waals surface area contributed by atoms with E-state index < -0.39 is 0 Å². The van der Waals surface area contributed by atoms with Crippen LogP contribution in [0.1, 0.15) is 41.7 Å². The van der Waals surface area contributed by atoms with Gasteiger partial charge < -0.3 is 10.2 Å². The van der Waals surface area contributed by atoms with Gasteiger partial charge in [-0.1, -0.05) is 49.4 Å². The molecule has 0 saturated carbocycles. The first-order valence-corrected chi connectivity index (χ1v) is 11.2. The molecular weight excluding hydrogens is 386 g/mol. The fraction of sp³-hybridized carbons (Fsp3) is 0.524. The average Bonchev–Trinajstić information content (AvgIpc) is 3.29. The zero-order valence-corrected chi connectivity index (χ0v) is 17.9. The highest BCUT2D eigenvalue weighted by Gasteiger charge is 2.31. The van der Waals surface area contributed by atoms with Gasteiger partial charge in [0.25, 0.3) is 0 Å². The summed E-state index contributed by atoms with van der Waals surface area (Å²) in [6.07, 6.45) is 1.75. The number of aliphatic hydroxyl groups excluding tert-OH is 1. The first kappa shape index (κ1) is 20.3. The predicted octanol–water partition coefficient (Wildman–Crippen LogP) is 2.32. The number of nitrogens with zero attached hydrogens (tertiary/aromatic N) is 5. The van der Waals surface area contributed by atoms with Crippen LogP contribution in [-0.4, -0.2) is 73.9 Å². The maximum Gasteiger partial charge on any atom is 0.230 e. The minimum atomic E-state index is -0.0317. The summed E-state index contributed by atoms with van der Waals surface area (Å²) in [5, 5.41) is 24.7. The van der Waals surface area contributed by atoms with Crippen LogP contribution in [-0.2, 0) is 12.8 Å². The lowest BCUT2D eigenvalue weighted by molar-refractivity contribution is 0.0945. The lowest BCUT2D eigenvalue weighted by Gasteiger charge is -2.39. The second-order valence-electron chi connectivity index (χ2n) is 7.46. The van der Waals surface area contributed by atoms with Crippen LogP contribution < -0.4 is 0 Å². The third kappa shape index (κ3) is 4.02. The molecule has 1 unspecified atom stereocenters. The Labute approximate surface area is 175 Å². The Hall–Kier alpha value is -2.00. The van der Waals surface area contributed by atoms with Crippen molar-refractivity contribution >= 4 is 16.3 Å². The topological polar surface area (TPSA) is 77.1 Å². The molecule has 1 aliphatic rings. The number of fused-ring (bicyclic) bond motifs is 1. The summed E-state index contributed by atoms with van der Waals surface area (Å²) >= 11 is 1.52. The molecule has 0 amide bonds. The van der Waals surface area contributed by atoms with Crippen LogP contribution in [0.4, 0.5) is 0 Å². The van der Waals surface area contributed by atoms with Crippen molar-refractivity contribution in [1.29, 1.82) is 0 Å². The van der Waals surface area contributed by atoms with Crippen molar-refractivity contribution in [2.24, 2.45) is 0 Å². The molecule has 0 bridgehead atoms. The molecule has 3 aromatic rings. The van der Waals surface area contributed by atoms with E-state index in [1.807, 2.05) is 6.92 Å². The fourth-order valence-electron chi connectivity index (χ4n) is 3.97. The molecule has 3 heterocycles. The van der Waals surface area contributed by atoms with Crippen LogP contribution in [0.5, 0.6) is 5.88 Å². The monoisotopic (exact) mass is 415 g/mol. The van der Waals surface area contributed by atoms with Crippen LogP contribution in [0.15, 0.2) is 24.3 Å². The Morgan fingerprint density at radius 2 is 1.79 bits per heavy atom. The van der Waals surface area contributed by atoms with Crippen molar-refractivity contribution < 1.29 is 10.2 Å². The molecule has 1 fully saturated rings. The molecule has 2 N–H and O–H groups in total. The second kappa shape index (κ2) is 8.79. The quantitative estimate of drug-likeness (QED) is 0.617. The van der Waals surface area contributed by atoms with Gasteiger partial charge in [-0.25, -0.2) is 4.98 Å². The van der Waals surface area contributed by atoms with Gasteiger partial charge in [0.05, 0.1) is 17.5 Å². The third-order valence-electron chi connectivity index (χ3n) is 5.70. The molecule has 1 atom stereocenters. The lowest BCUT2D eigenvalue weighted by Crippen LogP contribution is -2.48. The Bertz CT molecular complexity index is 944. The Morgan fingerprint density at radius 3 is 2.38 bits per heavy atom. The van der Waals surface area contributed by atoms with E-state index in [4.69, 9.17) is 0 Å². The molecule has 1 aromatic carbocycles. The first-order valence-electron chi connectivity index (χ1n) is 10.4. The third-order valence-corrected chi connectivity index (χ3v) is 6.77. The van der Waals surface area contributed by atoms with Crippen molar-refractivity contribution in [2.75, 3.05) is 39.3 Å². The van der Waals surface area contributed by atoms with Crippen molar-refractivity contribution in [3.8, 4) is 5.88 Å². The van der Waals surface area contributed by atoms with E-state index in [1.54, 1.807) is 4.52 Å². The number of rotatable bonds is 7. The maximum atomic E-state index is 11.0. The Morgan fingerprint density at radius 1 is 1.07 bits per heavy atom. The van der Waals surface area contributed by atoms with Gasteiger partial charge in [0.1, 0.15) is 0 Å². The predicted molar refractivity (Wildman–Crippen MR) is 115 cm³/mol. The normalized spacial score (nSPS) is 17.2. The lowest BCUT2D eigenvalue weighted by atomic mass is 10.0. The van der Waals surface area contributed by atoms with E-state index in [0.29, 0.717) is 6.54 Å². The number of aromatic hydroxyl groups is 1. The van der Waals surface area contributed by atoms with Crippen LogP contribution >= 0.6 is 11.3 Å². The summed E-state index contributed by atoms with van der Waals surface area (Å²) in [5.74, 6) is 0.944. The fourth-order valence-corrected chi connectivity index (χ4v) is 5.10. The largest absolute Gasteiger partial charge is 0.492 e. The molecule has 0 radical (unpaired) electrons. The Balaban J connectivity index is 1.70. The number of β-amino-alcohol motifs (C(OH)–C–C–N with tert-alkyl or cyclic N) is 1. The average molecular weight is 416 g/mol. The highest BCUT2D eigenvalue weighted by Crippen LogP contribution is 2.40. The van der Waals surface area contributed by atoms with E-state index in [9.17, 15) is 10.2 Å². The van der Waals surface area contributed by atoms with Crippen molar-refractivity contribution in [3.63, 3.8) is 0 Å². The highest BCUT2D eigenvalue weighted by molar-refractivity contribution is 7.17. The summed E-state index contributed by atoms with van der Waals surface area (Å²) < 4.78 is 1.58. The maximum absolute atomic E-state index is 11.0. The summed E-state index contributed by atoms with van der Waals surface area (Å²) in [6.45, 7) is 8.66. The number of aryl methyl sites for hydroxylation is 2. The number of hydrogen-bond acceptors (Lipinski definition) is 7. The standard InChI is InChI=1S/C21H29N5O2S/c1-3-15-5-7-16(8-6-15)18(25-11-9-24(10-12-25)13-14-27)19-20(28)26-21(29-19)22-17(4-2)23-26/h5-8,18,27-28H,3-4,9-14H2,1-2H3. The van der Waals surface area contributed by atoms with Crippen molar-refractivity contribution in [2.45, 2.75) is 32.7 Å². The van der Waals surface area contributed by atoms with Gasteiger partial charge in [0.2, 0.25) is 10.8 Å². The van der Waals surface area contributed by atoms with Crippen LogP contribution in [0.25, 0.3) is 4.96 Å². The van der Waals surface area contributed by atoms with Gasteiger partial charge in [-0.15, -0.1) is 5.10 Å². The van der Waals surface area contributed by atoms with E-state index in [1.165, 1.54) is 22.5 Å². The summed E-state index contributed by atoms with van der Waals surface area (Å²) in [5.41, 5.74) is 2.48. The van der Waals surface area contributed by atoms with Crippen LogP contribution in [0.2, 0.25) is 0 Å². The molecule has 7 nitrogen and oxygen atoms in total. The molecular formula is C21H29N5O2S. The number of hydrogen-bond donors (Lipinski definition) is 2. The molecule has 0 spiro atoms. The Kier molecular flexibility index (Phi) is 6.15. The van der Waals surface area contributed by atoms with E-state index >= 15 is 0 Å². The summed E-state index contributed by atoms with van der Waals surface area (Å²) in [7, 11) is 0. The SMILES string of the molecule is CCc1ccc(C(c2sc3nc(CC)nn3c2O)N2CCN(CCO)CC2)cc1. The molecule has 0 aliphatic carbocycles. The number of aliphatic hydroxyl groups is 1. The smallest absolute Gasteiger partial charge is 0.230 e.